The number of ether oxygens (including phenoxy) is 3. The van der Waals surface area contributed by atoms with E-state index in [2.05, 4.69) is 20.8 Å². The normalized spacial score (nSPS) is 11.9. The molecule has 0 saturated carbocycles. The smallest absolute Gasteiger partial charge is 0.306 e. The van der Waals surface area contributed by atoms with Gasteiger partial charge in [0.1, 0.15) is 13.2 Å². The van der Waals surface area contributed by atoms with Gasteiger partial charge in [-0.3, -0.25) is 14.4 Å². The van der Waals surface area contributed by atoms with Gasteiger partial charge in [-0.15, -0.1) is 0 Å². The van der Waals surface area contributed by atoms with Gasteiger partial charge in [0, 0.05) is 19.3 Å². The number of hydrogen-bond acceptors (Lipinski definition) is 6. The molecule has 1 unspecified atom stereocenters. The standard InChI is InChI=1S/C75H146O6/c1-4-7-10-13-16-19-22-24-26-28-30-32-33-34-35-36-37-38-39-40-41-43-44-46-48-50-53-56-59-62-65-68-74(77)80-71-72(70-79-73(76)67-64-61-58-55-52-21-18-15-12-9-6-3)81-75(78)69-66-63-60-57-54-51-49-47-45-42-31-29-27-25-23-20-17-14-11-8-5-2/h72H,4-71H2,1-3H3. The summed E-state index contributed by atoms with van der Waals surface area (Å²) in [7, 11) is 0. The first-order chi connectivity index (χ1) is 40.0. The fraction of sp³-hybridized carbons (Fsp3) is 0.960. The molecular formula is C75H146O6. The van der Waals surface area contributed by atoms with Gasteiger partial charge in [-0.25, -0.2) is 0 Å². The van der Waals surface area contributed by atoms with Gasteiger partial charge in [0.15, 0.2) is 6.10 Å². The number of carbonyl (C=O) groups excluding carboxylic acids is 3. The van der Waals surface area contributed by atoms with Crippen molar-refractivity contribution in [3.05, 3.63) is 0 Å². The van der Waals surface area contributed by atoms with Crippen LogP contribution in [0.1, 0.15) is 445 Å². The van der Waals surface area contributed by atoms with Crippen molar-refractivity contribution in [2.24, 2.45) is 0 Å². The fourth-order valence-corrected chi connectivity index (χ4v) is 12.0. The summed E-state index contributed by atoms with van der Waals surface area (Å²) in [5.74, 6) is -0.821. The first kappa shape index (κ1) is 79.4. The minimum atomic E-state index is -0.763. The third-order valence-electron chi connectivity index (χ3n) is 17.6. The zero-order chi connectivity index (χ0) is 58.5. The fourth-order valence-electron chi connectivity index (χ4n) is 12.0. The van der Waals surface area contributed by atoms with Gasteiger partial charge in [0.2, 0.25) is 0 Å². The van der Waals surface area contributed by atoms with Crippen LogP contribution < -0.4 is 0 Å². The Kier molecular flexibility index (Phi) is 69.5. The van der Waals surface area contributed by atoms with Gasteiger partial charge in [0.25, 0.3) is 0 Å². The highest BCUT2D eigenvalue weighted by molar-refractivity contribution is 5.71. The lowest BCUT2D eigenvalue weighted by Crippen LogP contribution is -2.30. The van der Waals surface area contributed by atoms with Gasteiger partial charge in [0.05, 0.1) is 0 Å². The molecule has 0 heterocycles. The molecule has 0 fully saturated rings. The lowest BCUT2D eigenvalue weighted by molar-refractivity contribution is -0.167. The van der Waals surface area contributed by atoms with Crippen molar-refractivity contribution in [1.82, 2.24) is 0 Å². The van der Waals surface area contributed by atoms with Crippen LogP contribution in [-0.2, 0) is 28.6 Å². The van der Waals surface area contributed by atoms with Crippen molar-refractivity contribution in [3.8, 4) is 0 Å². The van der Waals surface area contributed by atoms with Crippen LogP contribution in [0.4, 0.5) is 0 Å². The predicted molar refractivity (Wildman–Crippen MR) is 354 cm³/mol. The highest BCUT2D eigenvalue weighted by Gasteiger charge is 2.20. The van der Waals surface area contributed by atoms with E-state index in [9.17, 15) is 14.4 Å². The lowest BCUT2D eigenvalue weighted by Gasteiger charge is -2.18. The van der Waals surface area contributed by atoms with Crippen LogP contribution >= 0.6 is 0 Å². The van der Waals surface area contributed by atoms with E-state index in [0.29, 0.717) is 19.3 Å². The van der Waals surface area contributed by atoms with Gasteiger partial charge in [-0.2, -0.15) is 0 Å². The van der Waals surface area contributed by atoms with E-state index in [1.54, 1.807) is 0 Å². The summed E-state index contributed by atoms with van der Waals surface area (Å²) in [4.78, 5) is 38.4. The molecule has 0 aromatic carbocycles. The summed E-state index contributed by atoms with van der Waals surface area (Å²) in [5.41, 5.74) is 0. The van der Waals surface area contributed by atoms with E-state index in [4.69, 9.17) is 14.2 Å². The number of unbranched alkanes of at least 4 members (excludes halogenated alkanes) is 60. The minimum absolute atomic E-state index is 0.0603. The van der Waals surface area contributed by atoms with Crippen molar-refractivity contribution in [1.29, 1.82) is 0 Å². The summed E-state index contributed by atoms with van der Waals surface area (Å²) in [6, 6.07) is 0. The topological polar surface area (TPSA) is 78.9 Å². The van der Waals surface area contributed by atoms with E-state index in [1.807, 2.05) is 0 Å². The highest BCUT2D eigenvalue weighted by atomic mass is 16.6. The van der Waals surface area contributed by atoms with Crippen LogP contribution in [0.5, 0.6) is 0 Å². The van der Waals surface area contributed by atoms with Gasteiger partial charge in [-0.05, 0) is 19.3 Å². The molecule has 0 radical (unpaired) electrons. The Bertz CT molecular complexity index is 1220. The largest absolute Gasteiger partial charge is 0.462 e. The summed E-state index contributed by atoms with van der Waals surface area (Å²) in [5, 5.41) is 0. The molecule has 1 atom stereocenters. The Labute approximate surface area is 508 Å². The molecule has 0 bridgehead atoms. The van der Waals surface area contributed by atoms with Gasteiger partial charge in [-0.1, -0.05) is 406 Å². The summed E-state index contributed by atoms with van der Waals surface area (Å²) >= 11 is 0. The number of rotatable bonds is 71. The monoisotopic (exact) mass is 1140 g/mol. The van der Waals surface area contributed by atoms with Crippen molar-refractivity contribution in [3.63, 3.8) is 0 Å². The second kappa shape index (κ2) is 70.9. The number of esters is 3. The quantitative estimate of drug-likeness (QED) is 0.0343. The maximum Gasteiger partial charge on any atom is 0.306 e. The van der Waals surface area contributed by atoms with Crippen LogP contribution in [-0.4, -0.2) is 37.2 Å². The van der Waals surface area contributed by atoms with Crippen molar-refractivity contribution >= 4 is 17.9 Å². The Balaban J connectivity index is 4.06. The van der Waals surface area contributed by atoms with Gasteiger partial charge >= 0.3 is 17.9 Å². The molecule has 6 nitrogen and oxygen atoms in total. The second-order valence-corrected chi connectivity index (χ2v) is 25.9. The molecular weight excluding hydrogens is 997 g/mol. The molecule has 0 N–H and O–H groups in total. The lowest BCUT2D eigenvalue weighted by atomic mass is 10.0. The Morgan fingerprint density at radius 1 is 0.198 bits per heavy atom. The Morgan fingerprint density at radius 2 is 0.333 bits per heavy atom. The first-order valence-electron chi connectivity index (χ1n) is 37.5. The maximum absolute atomic E-state index is 12.9. The number of hydrogen-bond donors (Lipinski definition) is 0. The summed E-state index contributed by atoms with van der Waals surface area (Å²) in [6.07, 6.45) is 84.5. The molecule has 0 amide bonds. The average molecular weight is 1140 g/mol. The molecule has 0 aliphatic heterocycles. The minimum Gasteiger partial charge on any atom is -0.462 e. The van der Waals surface area contributed by atoms with Crippen LogP contribution in [0.2, 0.25) is 0 Å². The molecule has 0 aromatic heterocycles. The van der Waals surface area contributed by atoms with E-state index >= 15 is 0 Å². The van der Waals surface area contributed by atoms with Gasteiger partial charge < -0.3 is 14.2 Å². The van der Waals surface area contributed by atoms with E-state index < -0.39 is 6.10 Å². The molecule has 0 aliphatic rings. The molecule has 6 heteroatoms. The Morgan fingerprint density at radius 3 is 0.494 bits per heavy atom. The molecule has 0 saturated heterocycles. The third-order valence-corrected chi connectivity index (χ3v) is 17.6. The van der Waals surface area contributed by atoms with Crippen LogP contribution in [0, 0.1) is 0 Å². The van der Waals surface area contributed by atoms with Crippen molar-refractivity contribution in [2.45, 2.75) is 451 Å². The Hall–Kier alpha value is -1.59. The molecule has 0 spiro atoms. The maximum atomic E-state index is 12.9. The van der Waals surface area contributed by atoms with Crippen molar-refractivity contribution in [2.75, 3.05) is 13.2 Å². The summed E-state index contributed by atoms with van der Waals surface area (Å²) < 4.78 is 17.0. The molecule has 0 rings (SSSR count). The zero-order valence-corrected chi connectivity index (χ0v) is 55.6. The second-order valence-electron chi connectivity index (χ2n) is 25.9. The molecule has 0 aromatic rings. The van der Waals surface area contributed by atoms with E-state index in [-0.39, 0.29) is 31.1 Å². The van der Waals surface area contributed by atoms with Crippen molar-refractivity contribution < 1.29 is 28.6 Å². The van der Waals surface area contributed by atoms with Crippen LogP contribution in [0.3, 0.4) is 0 Å². The SMILES string of the molecule is CCCCCCCCCCCCCCCCCCCCCCCCCCCCCCCCCC(=O)OCC(COC(=O)CCCCCCCCCCCCC)OC(=O)CCCCCCCCCCCCCCCCCCCCCCC. The van der Waals surface area contributed by atoms with E-state index in [1.165, 1.54) is 347 Å². The predicted octanol–water partition coefficient (Wildman–Crippen LogP) is 25.8. The molecule has 0 aliphatic carbocycles. The first-order valence-corrected chi connectivity index (χ1v) is 37.5. The molecule has 482 valence electrons. The highest BCUT2D eigenvalue weighted by Crippen LogP contribution is 2.20. The van der Waals surface area contributed by atoms with Crippen LogP contribution in [0.15, 0.2) is 0 Å². The average Bonchev–Trinajstić information content (AvgIpc) is 3.47. The molecule has 81 heavy (non-hydrogen) atoms. The third kappa shape index (κ3) is 69.1. The summed E-state index contributed by atoms with van der Waals surface area (Å²) in [6.45, 7) is 6.74. The number of carbonyl (C=O) groups is 3. The van der Waals surface area contributed by atoms with Crippen LogP contribution in [0.25, 0.3) is 0 Å². The zero-order valence-electron chi connectivity index (χ0n) is 55.6. The van der Waals surface area contributed by atoms with E-state index in [0.717, 1.165) is 57.8 Å².